The van der Waals surface area contributed by atoms with Crippen LogP contribution < -0.4 is 5.73 Å². The second kappa shape index (κ2) is 5.46. The lowest BCUT2D eigenvalue weighted by atomic mass is 10.1. The van der Waals surface area contributed by atoms with Crippen LogP contribution in [0, 0.1) is 20.8 Å². The van der Waals surface area contributed by atoms with Gasteiger partial charge in [-0.05, 0) is 37.5 Å². The van der Waals surface area contributed by atoms with Crippen LogP contribution in [0.1, 0.15) is 16.7 Å². The number of aryl methyl sites for hydroxylation is 2. The van der Waals surface area contributed by atoms with Crippen molar-refractivity contribution in [2.75, 3.05) is 30.3 Å². The largest absolute Gasteiger partial charge is 0.398 e. The maximum Gasteiger partial charge on any atom is 0.243 e. The molecule has 20 heavy (non-hydrogen) atoms. The van der Waals surface area contributed by atoms with Crippen LogP contribution in [0.15, 0.2) is 11.0 Å². The topological polar surface area (TPSA) is 80.5 Å². The Morgan fingerprint density at radius 3 is 2.25 bits per heavy atom. The average Bonchev–Trinajstić information content (AvgIpc) is 2.36. The van der Waals surface area contributed by atoms with Crippen molar-refractivity contribution in [1.29, 1.82) is 0 Å². The van der Waals surface area contributed by atoms with Gasteiger partial charge in [-0.3, -0.25) is 4.21 Å². The monoisotopic (exact) mass is 316 g/mol. The molecule has 5 nitrogen and oxygen atoms in total. The number of hydrogen-bond acceptors (Lipinski definition) is 4. The summed E-state index contributed by atoms with van der Waals surface area (Å²) in [5, 5.41) is 0. The maximum absolute atomic E-state index is 12.8. The van der Waals surface area contributed by atoms with E-state index in [1.807, 2.05) is 6.92 Å². The van der Waals surface area contributed by atoms with E-state index in [1.165, 1.54) is 4.31 Å². The van der Waals surface area contributed by atoms with E-state index < -0.39 is 20.8 Å². The van der Waals surface area contributed by atoms with Crippen molar-refractivity contribution in [2.24, 2.45) is 0 Å². The van der Waals surface area contributed by atoms with Gasteiger partial charge in [0.25, 0.3) is 0 Å². The number of nitrogens with two attached hydrogens (primary N) is 1. The highest BCUT2D eigenvalue weighted by Gasteiger charge is 2.31. The molecule has 1 aliphatic rings. The summed E-state index contributed by atoms with van der Waals surface area (Å²) in [5.74, 6) is 0.803. The summed E-state index contributed by atoms with van der Waals surface area (Å²) in [6.07, 6.45) is 0. The molecule has 1 aliphatic heterocycles. The minimum absolute atomic E-state index is 0.299. The highest BCUT2D eigenvalue weighted by molar-refractivity contribution is 7.89. The minimum atomic E-state index is -3.57. The smallest absolute Gasteiger partial charge is 0.243 e. The quantitative estimate of drug-likeness (QED) is 0.824. The van der Waals surface area contributed by atoms with Gasteiger partial charge in [-0.15, -0.1) is 0 Å². The molecule has 0 amide bonds. The molecule has 0 spiro atoms. The van der Waals surface area contributed by atoms with Gasteiger partial charge in [-0.2, -0.15) is 4.31 Å². The number of benzene rings is 1. The van der Waals surface area contributed by atoms with Crippen LogP contribution in [0.4, 0.5) is 5.69 Å². The highest BCUT2D eigenvalue weighted by Crippen LogP contribution is 2.30. The summed E-state index contributed by atoms with van der Waals surface area (Å²) < 4.78 is 38.3. The van der Waals surface area contributed by atoms with Crippen LogP contribution in [0.5, 0.6) is 0 Å². The van der Waals surface area contributed by atoms with Crippen molar-refractivity contribution in [2.45, 2.75) is 25.7 Å². The normalized spacial score (nSPS) is 18.4. The molecule has 2 N–H and O–H groups in total. The summed E-state index contributed by atoms with van der Waals surface area (Å²) in [6, 6.07) is 1.80. The number of nitrogen functional groups attached to an aromatic ring is 1. The molecule has 0 radical (unpaired) electrons. The van der Waals surface area contributed by atoms with Crippen LogP contribution in [0.2, 0.25) is 0 Å². The van der Waals surface area contributed by atoms with Gasteiger partial charge >= 0.3 is 0 Å². The summed E-state index contributed by atoms with van der Waals surface area (Å²) in [7, 11) is -4.47. The molecule has 0 saturated carbocycles. The Morgan fingerprint density at radius 2 is 1.70 bits per heavy atom. The molecule has 0 unspecified atom stereocenters. The van der Waals surface area contributed by atoms with Crippen LogP contribution >= 0.6 is 0 Å². The highest BCUT2D eigenvalue weighted by atomic mass is 32.2. The molecule has 0 atom stereocenters. The fourth-order valence-electron chi connectivity index (χ4n) is 2.57. The number of sulfonamides is 1. The van der Waals surface area contributed by atoms with Gasteiger partial charge in [-0.25, -0.2) is 8.42 Å². The van der Waals surface area contributed by atoms with E-state index in [0.717, 1.165) is 5.56 Å². The van der Waals surface area contributed by atoms with Crippen molar-refractivity contribution < 1.29 is 12.6 Å². The van der Waals surface area contributed by atoms with E-state index in [0.29, 0.717) is 46.3 Å². The Balaban J connectivity index is 2.50. The second-order valence-electron chi connectivity index (χ2n) is 5.13. The van der Waals surface area contributed by atoms with Gasteiger partial charge in [0.15, 0.2) is 0 Å². The lowest BCUT2D eigenvalue weighted by molar-refractivity contribution is 0.438. The van der Waals surface area contributed by atoms with E-state index in [1.54, 1.807) is 19.9 Å². The molecule has 1 aromatic carbocycles. The Bertz CT molecular complexity index is 659. The second-order valence-corrected chi connectivity index (χ2v) is 8.70. The van der Waals surface area contributed by atoms with Gasteiger partial charge in [0, 0.05) is 41.1 Å². The molecule has 1 aromatic rings. The number of nitrogens with zero attached hydrogens (tertiary/aromatic N) is 1. The fourth-order valence-corrected chi connectivity index (χ4v) is 5.74. The average molecular weight is 316 g/mol. The van der Waals surface area contributed by atoms with Gasteiger partial charge in [0.1, 0.15) is 0 Å². The Morgan fingerprint density at radius 1 is 1.15 bits per heavy atom. The van der Waals surface area contributed by atoms with Crippen molar-refractivity contribution in [3.63, 3.8) is 0 Å². The number of anilines is 1. The van der Waals surface area contributed by atoms with Crippen molar-refractivity contribution in [3.8, 4) is 0 Å². The minimum Gasteiger partial charge on any atom is -0.398 e. The number of rotatable bonds is 2. The third-order valence-corrected chi connectivity index (χ3v) is 7.16. The Labute approximate surface area is 122 Å². The number of hydrogen-bond donors (Lipinski definition) is 1. The third-order valence-electron chi connectivity index (χ3n) is 3.70. The zero-order valence-corrected chi connectivity index (χ0v) is 13.6. The van der Waals surface area contributed by atoms with Gasteiger partial charge in [0.05, 0.1) is 4.90 Å². The molecule has 1 heterocycles. The van der Waals surface area contributed by atoms with Crippen molar-refractivity contribution >= 4 is 26.5 Å². The molecule has 112 valence electrons. The zero-order valence-electron chi connectivity index (χ0n) is 12.0. The van der Waals surface area contributed by atoms with E-state index in [9.17, 15) is 12.6 Å². The molecule has 7 heteroatoms. The summed E-state index contributed by atoms with van der Waals surface area (Å²) >= 11 is 0. The van der Waals surface area contributed by atoms with Gasteiger partial charge < -0.3 is 5.73 Å². The third kappa shape index (κ3) is 2.62. The Hall–Kier alpha value is -0.920. The first-order chi connectivity index (χ1) is 9.25. The molecular weight excluding hydrogens is 296 g/mol. The molecule has 2 rings (SSSR count). The first-order valence-corrected chi connectivity index (χ1v) is 9.39. The lowest BCUT2D eigenvalue weighted by Crippen LogP contribution is -2.42. The van der Waals surface area contributed by atoms with Gasteiger partial charge in [0.2, 0.25) is 10.0 Å². The van der Waals surface area contributed by atoms with E-state index in [2.05, 4.69) is 0 Å². The molecule has 1 fully saturated rings. The molecule has 0 aromatic heterocycles. The van der Waals surface area contributed by atoms with E-state index >= 15 is 0 Å². The standard InChI is InChI=1S/C13H20N2O3S2/c1-9-8-10(2)13(11(3)12(9)14)20(17,18)15-4-6-19(16)7-5-15/h8H,4-7,14H2,1-3H3. The SMILES string of the molecule is Cc1cc(C)c(S(=O)(=O)N2CCS(=O)CC2)c(C)c1N. The first kappa shape index (κ1) is 15.5. The van der Waals surface area contributed by atoms with Crippen LogP contribution in [-0.4, -0.2) is 41.5 Å². The van der Waals surface area contributed by atoms with Crippen molar-refractivity contribution in [1.82, 2.24) is 4.31 Å². The fraction of sp³-hybridized carbons (Fsp3) is 0.538. The summed E-state index contributed by atoms with van der Waals surface area (Å²) in [6.45, 7) is 6.01. The lowest BCUT2D eigenvalue weighted by Gasteiger charge is -2.27. The van der Waals surface area contributed by atoms with Gasteiger partial charge in [-0.1, -0.05) is 6.07 Å². The van der Waals surface area contributed by atoms with E-state index in [-0.39, 0.29) is 0 Å². The zero-order chi connectivity index (χ0) is 15.1. The predicted molar refractivity (Wildman–Crippen MR) is 81.7 cm³/mol. The predicted octanol–water partition coefficient (Wildman–Crippen LogP) is 0.947. The van der Waals surface area contributed by atoms with Crippen LogP contribution in [0.3, 0.4) is 0 Å². The van der Waals surface area contributed by atoms with Crippen LogP contribution in [-0.2, 0) is 20.8 Å². The Kier molecular flexibility index (Phi) is 4.22. The van der Waals surface area contributed by atoms with Crippen LogP contribution in [0.25, 0.3) is 0 Å². The summed E-state index contributed by atoms with van der Waals surface area (Å²) in [5.41, 5.74) is 8.69. The molecule has 1 saturated heterocycles. The molecule has 0 aliphatic carbocycles. The maximum atomic E-state index is 12.8. The van der Waals surface area contributed by atoms with Crippen molar-refractivity contribution in [3.05, 3.63) is 22.8 Å². The first-order valence-electron chi connectivity index (χ1n) is 6.46. The molecule has 0 bridgehead atoms. The van der Waals surface area contributed by atoms with E-state index in [4.69, 9.17) is 5.73 Å². The molecular formula is C13H20N2O3S2. The summed E-state index contributed by atoms with van der Waals surface area (Å²) in [4.78, 5) is 0.299.